The molecule has 3 rings (SSSR count). The number of nitrogens with zero attached hydrogens (tertiary/aromatic N) is 1. The molecule has 0 saturated carbocycles. The maximum Gasteiger partial charge on any atom is 0.261 e. The van der Waals surface area contributed by atoms with Crippen LogP contribution < -0.4 is 0 Å². The van der Waals surface area contributed by atoms with E-state index in [0.717, 1.165) is 25.0 Å². The van der Waals surface area contributed by atoms with Gasteiger partial charge >= 0.3 is 0 Å². The van der Waals surface area contributed by atoms with E-state index in [4.69, 9.17) is 9.83 Å². The van der Waals surface area contributed by atoms with Crippen LogP contribution in [0.2, 0.25) is 0 Å². The van der Waals surface area contributed by atoms with Crippen molar-refractivity contribution in [3.8, 4) is 0 Å². The van der Waals surface area contributed by atoms with Crippen LogP contribution >= 0.6 is 0 Å². The molecule has 0 atom stereocenters. The Morgan fingerprint density at radius 2 is 1.68 bits per heavy atom. The van der Waals surface area contributed by atoms with Crippen molar-refractivity contribution in [3.05, 3.63) is 59.0 Å². The van der Waals surface area contributed by atoms with Gasteiger partial charge in [0.1, 0.15) is 11.5 Å². The number of imide groups is 1. The zero-order valence-corrected chi connectivity index (χ0v) is 12.0. The molecule has 22 heavy (non-hydrogen) atoms. The summed E-state index contributed by atoms with van der Waals surface area (Å²) in [4.78, 5) is 25.7. The average molecular weight is 296 g/mol. The summed E-state index contributed by atoms with van der Waals surface area (Å²) in [6.07, 6.45) is 3.45. The number of fused-ring (bicyclic) bond motifs is 1. The Balaban J connectivity index is 1.53. The van der Waals surface area contributed by atoms with Crippen LogP contribution in [0.25, 0.3) is 0 Å². The Hall–Kier alpha value is -2.69. The predicted octanol–water partition coefficient (Wildman–Crippen LogP) is 2.90. The van der Waals surface area contributed by atoms with Crippen LogP contribution in [0, 0.1) is 5.41 Å². The van der Waals surface area contributed by atoms with Crippen molar-refractivity contribution in [1.82, 2.24) is 4.90 Å². The van der Waals surface area contributed by atoms with E-state index in [1.54, 1.807) is 30.3 Å². The largest absolute Gasteiger partial charge is 0.460 e. The van der Waals surface area contributed by atoms with Gasteiger partial charge in [-0.25, -0.2) is 0 Å². The van der Waals surface area contributed by atoms with E-state index in [2.05, 4.69) is 0 Å². The minimum absolute atomic E-state index is 0.204. The summed E-state index contributed by atoms with van der Waals surface area (Å²) < 4.78 is 5.41. The van der Waals surface area contributed by atoms with Crippen LogP contribution in [0.5, 0.6) is 0 Å². The molecule has 1 aromatic heterocycles. The van der Waals surface area contributed by atoms with Gasteiger partial charge < -0.3 is 9.83 Å². The molecular formula is C17H16N2O3. The van der Waals surface area contributed by atoms with Crippen molar-refractivity contribution in [2.75, 3.05) is 6.54 Å². The normalized spacial score (nSPS) is 13.5. The summed E-state index contributed by atoms with van der Waals surface area (Å²) in [6, 6.07) is 10.5. The Kier molecular flexibility index (Phi) is 3.87. The first kappa shape index (κ1) is 14.3. The number of carbonyl (C=O) groups is 2. The highest BCUT2D eigenvalue weighted by Gasteiger charge is 2.34. The molecule has 2 aromatic rings. The average Bonchev–Trinajstić information content (AvgIpc) is 3.10. The quantitative estimate of drug-likeness (QED) is 0.506. The number of amides is 2. The molecule has 0 fully saturated rings. The van der Waals surface area contributed by atoms with Crippen molar-refractivity contribution in [2.45, 2.75) is 19.3 Å². The second-order valence-electron chi connectivity index (χ2n) is 5.21. The lowest BCUT2D eigenvalue weighted by Gasteiger charge is -2.13. The number of rotatable bonds is 6. The molecule has 0 bridgehead atoms. The maximum atomic E-state index is 12.2. The number of nitrogens with one attached hydrogen (secondary N) is 1. The van der Waals surface area contributed by atoms with E-state index >= 15 is 0 Å². The van der Waals surface area contributed by atoms with Crippen molar-refractivity contribution in [3.63, 3.8) is 0 Å². The van der Waals surface area contributed by atoms with Crippen LogP contribution in [-0.4, -0.2) is 29.5 Å². The van der Waals surface area contributed by atoms with E-state index < -0.39 is 0 Å². The number of aryl methyl sites for hydroxylation is 1. The lowest BCUT2D eigenvalue weighted by molar-refractivity contribution is 0.0652. The van der Waals surface area contributed by atoms with Gasteiger partial charge in [0.25, 0.3) is 11.8 Å². The van der Waals surface area contributed by atoms with Crippen LogP contribution in [0.4, 0.5) is 0 Å². The highest BCUT2D eigenvalue weighted by Crippen LogP contribution is 2.22. The second kappa shape index (κ2) is 5.97. The van der Waals surface area contributed by atoms with Crippen LogP contribution in [0.15, 0.2) is 40.8 Å². The Bertz CT molecular complexity index is 698. The van der Waals surface area contributed by atoms with Crippen molar-refractivity contribution in [1.29, 1.82) is 5.41 Å². The fourth-order valence-corrected chi connectivity index (χ4v) is 2.62. The van der Waals surface area contributed by atoms with Gasteiger partial charge in [0, 0.05) is 13.0 Å². The van der Waals surface area contributed by atoms with Crippen LogP contribution in [0.3, 0.4) is 0 Å². The lowest BCUT2D eigenvalue weighted by Crippen LogP contribution is -2.30. The van der Waals surface area contributed by atoms with Gasteiger partial charge in [0.2, 0.25) is 0 Å². The van der Waals surface area contributed by atoms with Crippen molar-refractivity contribution < 1.29 is 14.0 Å². The molecular weight excluding hydrogens is 280 g/mol. The van der Waals surface area contributed by atoms with Gasteiger partial charge in [-0.1, -0.05) is 12.1 Å². The summed E-state index contributed by atoms with van der Waals surface area (Å²) in [5, 5.41) is 7.09. The third-order valence-electron chi connectivity index (χ3n) is 3.76. The Labute approximate surface area is 128 Å². The number of hydrogen-bond acceptors (Lipinski definition) is 4. The number of furan rings is 1. The monoisotopic (exact) mass is 296 g/mol. The Morgan fingerprint density at radius 1 is 1.00 bits per heavy atom. The van der Waals surface area contributed by atoms with Gasteiger partial charge in [-0.05, 0) is 37.1 Å². The van der Waals surface area contributed by atoms with Gasteiger partial charge in [-0.3, -0.25) is 14.5 Å². The van der Waals surface area contributed by atoms with E-state index in [9.17, 15) is 9.59 Å². The molecule has 0 radical (unpaired) electrons. The van der Waals surface area contributed by atoms with Gasteiger partial charge in [-0.15, -0.1) is 0 Å². The third-order valence-corrected chi connectivity index (χ3v) is 3.76. The van der Waals surface area contributed by atoms with Gasteiger partial charge in [0.05, 0.1) is 17.3 Å². The van der Waals surface area contributed by atoms with E-state index in [0.29, 0.717) is 23.4 Å². The van der Waals surface area contributed by atoms with Crippen LogP contribution in [0.1, 0.15) is 45.1 Å². The first-order valence-corrected chi connectivity index (χ1v) is 7.25. The minimum atomic E-state index is -0.204. The highest BCUT2D eigenvalue weighted by atomic mass is 16.3. The van der Waals surface area contributed by atoms with Crippen molar-refractivity contribution >= 4 is 18.0 Å². The third kappa shape index (κ3) is 2.57. The van der Waals surface area contributed by atoms with Gasteiger partial charge in [-0.2, -0.15) is 0 Å². The second-order valence-corrected chi connectivity index (χ2v) is 5.21. The summed E-state index contributed by atoms with van der Waals surface area (Å²) in [5.74, 6) is 0.950. The zero-order valence-electron chi connectivity index (χ0n) is 12.0. The first-order valence-electron chi connectivity index (χ1n) is 7.25. The summed E-state index contributed by atoms with van der Waals surface area (Å²) in [5.41, 5.74) is 0.989. The van der Waals surface area contributed by atoms with E-state index in [1.807, 2.05) is 6.07 Å². The Morgan fingerprint density at radius 3 is 2.27 bits per heavy atom. The minimum Gasteiger partial charge on any atom is -0.460 e. The first-order chi connectivity index (χ1) is 10.7. The number of hydrogen-bond donors (Lipinski definition) is 1. The maximum absolute atomic E-state index is 12.2. The SMILES string of the molecule is N=Cc1ccc(CCCCN2C(=O)c3ccccc3C2=O)o1. The van der Waals surface area contributed by atoms with E-state index in [-0.39, 0.29) is 11.8 Å². The molecule has 1 aliphatic heterocycles. The van der Waals surface area contributed by atoms with Crippen molar-refractivity contribution in [2.24, 2.45) is 0 Å². The summed E-state index contributed by atoms with van der Waals surface area (Å²) in [7, 11) is 0. The molecule has 1 aromatic carbocycles. The number of unbranched alkanes of at least 4 members (excludes halogenated alkanes) is 1. The predicted molar refractivity (Wildman–Crippen MR) is 81.3 cm³/mol. The fourth-order valence-electron chi connectivity index (χ4n) is 2.62. The van der Waals surface area contributed by atoms with Crippen LogP contribution in [-0.2, 0) is 6.42 Å². The number of benzene rings is 1. The number of carbonyl (C=O) groups excluding carboxylic acids is 2. The standard InChI is InChI=1S/C17H16N2O3/c18-11-13-9-8-12(22-13)5-3-4-10-19-16(20)14-6-1-2-7-15(14)17(19)21/h1-2,6-9,11,18H,3-5,10H2. The van der Waals surface area contributed by atoms with Gasteiger partial charge in [0.15, 0.2) is 0 Å². The summed E-state index contributed by atoms with van der Waals surface area (Å²) >= 11 is 0. The molecule has 0 unspecified atom stereocenters. The molecule has 0 spiro atoms. The molecule has 5 nitrogen and oxygen atoms in total. The molecule has 112 valence electrons. The molecule has 0 aliphatic carbocycles. The molecule has 0 saturated heterocycles. The lowest BCUT2D eigenvalue weighted by atomic mass is 10.1. The summed E-state index contributed by atoms with van der Waals surface area (Å²) in [6.45, 7) is 0.421. The van der Waals surface area contributed by atoms with E-state index in [1.165, 1.54) is 11.1 Å². The topological polar surface area (TPSA) is 74.4 Å². The molecule has 2 heterocycles. The fraction of sp³-hybridized carbons (Fsp3) is 0.235. The zero-order chi connectivity index (χ0) is 15.5. The highest BCUT2D eigenvalue weighted by molar-refractivity contribution is 6.21. The molecule has 5 heteroatoms. The smallest absolute Gasteiger partial charge is 0.261 e. The molecule has 2 amide bonds. The molecule has 1 aliphatic rings. The molecule has 1 N–H and O–H groups in total.